The first kappa shape index (κ1) is 13.8. The minimum Gasteiger partial charge on any atom is -0.492 e. The van der Waals surface area contributed by atoms with Gasteiger partial charge in [0.05, 0.1) is 12.2 Å². The van der Waals surface area contributed by atoms with Crippen molar-refractivity contribution in [1.29, 1.82) is 0 Å². The van der Waals surface area contributed by atoms with Gasteiger partial charge in [0.15, 0.2) is 0 Å². The molecule has 1 aromatic carbocycles. The van der Waals surface area contributed by atoms with E-state index in [4.69, 9.17) is 4.74 Å². The zero-order chi connectivity index (χ0) is 14.9. The minimum atomic E-state index is 0.555. The Hall–Kier alpha value is -1.81. The summed E-state index contributed by atoms with van der Waals surface area (Å²) >= 11 is 0. The third-order valence-corrected chi connectivity index (χ3v) is 4.76. The molecular formula is C18H23N3O. The highest BCUT2D eigenvalue weighted by atomic mass is 16.5. The highest BCUT2D eigenvalue weighted by Crippen LogP contribution is 2.30. The van der Waals surface area contributed by atoms with Crippen LogP contribution in [0.1, 0.15) is 29.5 Å². The molecule has 2 aliphatic rings. The summed E-state index contributed by atoms with van der Waals surface area (Å²) in [6.45, 7) is 2.91. The SMILES string of the molecule is Cn1cc(CN2CC2COc2cccc3c2CCCC3)cn1. The smallest absolute Gasteiger partial charge is 0.122 e. The van der Waals surface area contributed by atoms with Crippen molar-refractivity contribution >= 4 is 0 Å². The van der Waals surface area contributed by atoms with Gasteiger partial charge in [-0.2, -0.15) is 5.10 Å². The molecule has 2 aromatic rings. The molecule has 116 valence electrons. The molecule has 1 fully saturated rings. The van der Waals surface area contributed by atoms with Crippen LogP contribution in [-0.2, 0) is 26.4 Å². The monoisotopic (exact) mass is 297 g/mol. The zero-order valence-corrected chi connectivity index (χ0v) is 13.2. The molecule has 0 radical (unpaired) electrons. The van der Waals surface area contributed by atoms with E-state index < -0.39 is 0 Å². The number of ether oxygens (including phenoxy) is 1. The lowest BCUT2D eigenvalue weighted by Crippen LogP contribution is -2.13. The Morgan fingerprint density at radius 3 is 3.05 bits per heavy atom. The molecule has 2 unspecified atom stereocenters. The molecule has 1 aliphatic heterocycles. The Kier molecular flexibility index (Phi) is 3.62. The number of aryl methyl sites for hydroxylation is 2. The number of fused-ring (bicyclic) bond motifs is 1. The van der Waals surface area contributed by atoms with Crippen molar-refractivity contribution in [3.8, 4) is 5.75 Å². The molecule has 22 heavy (non-hydrogen) atoms. The lowest BCUT2D eigenvalue weighted by molar-refractivity contribution is 0.289. The maximum atomic E-state index is 6.14. The molecule has 0 amide bonds. The summed E-state index contributed by atoms with van der Waals surface area (Å²) in [7, 11) is 1.96. The first-order valence-electron chi connectivity index (χ1n) is 8.25. The number of benzene rings is 1. The van der Waals surface area contributed by atoms with Crippen molar-refractivity contribution in [2.45, 2.75) is 38.3 Å². The van der Waals surface area contributed by atoms with Crippen molar-refractivity contribution in [3.05, 3.63) is 47.3 Å². The number of rotatable bonds is 5. The topological polar surface area (TPSA) is 30.1 Å². The van der Waals surface area contributed by atoms with Gasteiger partial charge in [0.2, 0.25) is 0 Å². The zero-order valence-electron chi connectivity index (χ0n) is 13.2. The average Bonchev–Trinajstić information content (AvgIpc) is 3.15. The summed E-state index contributed by atoms with van der Waals surface area (Å²) in [4.78, 5) is 2.44. The van der Waals surface area contributed by atoms with Crippen molar-refractivity contribution < 1.29 is 4.74 Å². The van der Waals surface area contributed by atoms with E-state index in [0.717, 1.165) is 25.4 Å². The highest BCUT2D eigenvalue weighted by Gasteiger charge is 2.34. The maximum Gasteiger partial charge on any atom is 0.122 e. The van der Waals surface area contributed by atoms with Crippen molar-refractivity contribution in [3.63, 3.8) is 0 Å². The summed E-state index contributed by atoms with van der Waals surface area (Å²) < 4.78 is 8.00. The van der Waals surface area contributed by atoms with Crippen LogP contribution in [-0.4, -0.2) is 33.9 Å². The second kappa shape index (κ2) is 5.76. The van der Waals surface area contributed by atoms with Gasteiger partial charge in [-0.1, -0.05) is 12.1 Å². The second-order valence-electron chi connectivity index (χ2n) is 6.52. The molecule has 0 N–H and O–H groups in total. The normalized spacial score (nSPS) is 23.1. The molecule has 2 atom stereocenters. The standard InChI is InChI=1S/C18H23N3O/c1-20-10-14(9-19-20)11-21-12-16(21)13-22-18-8-4-6-15-5-2-3-7-17(15)18/h4,6,8-10,16H,2-3,5,7,11-13H2,1H3. The van der Waals surface area contributed by atoms with Gasteiger partial charge < -0.3 is 4.74 Å². The fourth-order valence-corrected chi connectivity index (χ4v) is 3.43. The van der Waals surface area contributed by atoms with E-state index in [0.29, 0.717) is 6.04 Å². The Balaban J connectivity index is 1.33. The van der Waals surface area contributed by atoms with Crippen molar-refractivity contribution in [2.75, 3.05) is 13.2 Å². The van der Waals surface area contributed by atoms with Gasteiger partial charge in [-0.3, -0.25) is 9.58 Å². The van der Waals surface area contributed by atoms with Crippen LogP contribution in [0, 0.1) is 0 Å². The molecule has 1 aromatic heterocycles. The second-order valence-corrected chi connectivity index (χ2v) is 6.52. The van der Waals surface area contributed by atoms with E-state index in [1.807, 2.05) is 17.9 Å². The minimum absolute atomic E-state index is 0.555. The number of hydrogen-bond donors (Lipinski definition) is 0. The lowest BCUT2D eigenvalue weighted by Gasteiger charge is -2.19. The van der Waals surface area contributed by atoms with Gasteiger partial charge in [0, 0.05) is 31.9 Å². The van der Waals surface area contributed by atoms with Crippen LogP contribution >= 0.6 is 0 Å². The van der Waals surface area contributed by atoms with Gasteiger partial charge in [-0.15, -0.1) is 0 Å². The van der Waals surface area contributed by atoms with E-state index in [9.17, 15) is 0 Å². The molecule has 0 saturated carbocycles. The van der Waals surface area contributed by atoms with Gasteiger partial charge >= 0.3 is 0 Å². The Morgan fingerprint density at radius 2 is 2.18 bits per heavy atom. The van der Waals surface area contributed by atoms with Crippen LogP contribution in [0.2, 0.25) is 0 Å². The van der Waals surface area contributed by atoms with E-state index in [1.54, 1.807) is 0 Å². The molecule has 4 nitrogen and oxygen atoms in total. The molecule has 1 saturated heterocycles. The first-order valence-corrected chi connectivity index (χ1v) is 8.25. The predicted octanol–water partition coefficient (Wildman–Crippen LogP) is 2.56. The maximum absolute atomic E-state index is 6.14. The molecule has 0 spiro atoms. The van der Waals surface area contributed by atoms with E-state index in [1.165, 1.54) is 42.4 Å². The van der Waals surface area contributed by atoms with Crippen LogP contribution in [0.25, 0.3) is 0 Å². The van der Waals surface area contributed by atoms with Crippen LogP contribution < -0.4 is 4.74 Å². The largest absolute Gasteiger partial charge is 0.492 e. The average molecular weight is 297 g/mol. The highest BCUT2D eigenvalue weighted by molar-refractivity contribution is 5.41. The van der Waals surface area contributed by atoms with Crippen LogP contribution in [0.5, 0.6) is 5.75 Å². The summed E-state index contributed by atoms with van der Waals surface area (Å²) in [5.41, 5.74) is 4.22. The fourth-order valence-electron chi connectivity index (χ4n) is 3.43. The van der Waals surface area contributed by atoms with Crippen molar-refractivity contribution in [2.24, 2.45) is 7.05 Å². The number of hydrogen-bond acceptors (Lipinski definition) is 3. The van der Waals surface area contributed by atoms with Crippen LogP contribution in [0.15, 0.2) is 30.6 Å². The van der Waals surface area contributed by atoms with E-state index in [-0.39, 0.29) is 0 Å². The number of aromatic nitrogens is 2. The van der Waals surface area contributed by atoms with Crippen LogP contribution in [0.3, 0.4) is 0 Å². The molecule has 4 heteroatoms. The van der Waals surface area contributed by atoms with Gasteiger partial charge in [0.1, 0.15) is 12.4 Å². The third kappa shape index (κ3) is 2.88. The van der Waals surface area contributed by atoms with Crippen molar-refractivity contribution in [1.82, 2.24) is 14.7 Å². The molecule has 4 rings (SSSR count). The first-order chi connectivity index (χ1) is 10.8. The van der Waals surface area contributed by atoms with E-state index >= 15 is 0 Å². The summed E-state index contributed by atoms with van der Waals surface area (Å²) in [6, 6.07) is 7.09. The summed E-state index contributed by atoms with van der Waals surface area (Å²) in [6.07, 6.45) is 9.04. The number of nitrogens with zero attached hydrogens (tertiary/aromatic N) is 3. The Bertz CT molecular complexity index is 664. The molecule has 2 heterocycles. The Labute approximate surface area is 131 Å². The third-order valence-electron chi connectivity index (χ3n) is 4.76. The Morgan fingerprint density at radius 1 is 1.27 bits per heavy atom. The van der Waals surface area contributed by atoms with E-state index in [2.05, 4.69) is 34.4 Å². The lowest BCUT2D eigenvalue weighted by atomic mass is 9.91. The molecule has 0 bridgehead atoms. The summed E-state index contributed by atoms with van der Waals surface area (Å²) in [5, 5.41) is 4.22. The quantitative estimate of drug-likeness (QED) is 0.795. The van der Waals surface area contributed by atoms with Gasteiger partial charge in [-0.25, -0.2) is 0 Å². The fraction of sp³-hybridized carbons (Fsp3) is 0.500. The molecular weight excluding hydrogens is 274 g/mol. The van der Waals surface area contributed by atoms with Gasteiger partial charge in [0.25, 0.3) is 0 Å². The predicted molar refractivity (Wildman–Crippen MR) is 86.0 cm³/mol. The summed E-state index contributed by atoms with van der Waals surface area (Å²) in [5.74, 6) is 1.12. The van der Waals surface area contributed by atoms with Crippen LogP contribution in [0.4, 0.5) is 0 Å². The molecule has 1 aliphatic carbocycles. The van der Waals surface area contributed by atoms with Gasteiger partial charge in [-0.05, 0) is 42.9 Å².